The summed E-state index contributed by atoms with van der Waals surface area (Å²) in [5, 5.41) is 13.9. The number of benzene rings is 1. The molecule has 2 N–H and O–H groups in total. The molecular formula is C24H26Cl2N4O4. The Kier molecular flexibility index (Phi) is 6.16. The van der Waals surface area contributed by atoms with E-state index in [-0.39, 0.29) is 15.7 Å². The summed E-state index contributed by atoms with van der Waals surface area (Å²) in [6, 6.07) is 2.95. The number of aryl methyl sites for hydroxylation is 1. The molecule has 0 aliphatic carbocycles. The first-order chi connectivity index (χ1) is 16.0. The average Bonchev–Trinajstić information content (AvgIpc) is 3.07. The van der Waals surface area contributed by atoms with E-state index >= 15 is 0 Å². The number of nitrogens with one attached hydrogen (secondary N) is 1. The fraction of sp³-hybridized carbons (Fsp3) is 0.375. The predicted molar refractivity (Wildman–Crippen MR) is 132 cm³/mol. The largest absolute Gasteiger partial charge is 0.495 e. The van der Waals surface area contributed by atoms with Gasteiger partial charge in [-0.3, -0.25) is 9.78 Å². The van der Waals surface area contributed by atoms with Gasteiger partial charge in [0, 0.05) is 54.6 Å². The maximum absolute atomic E-state index is 13.6. The van der Waals surface area contributed by atoms with Gasteiger partial charge in [-0.25, -0.2) is 4.79 Å². The van der Waals surface area contributed by atoms with Gasteiger partial charge in [0.25, 0.3) is 5.91 Å². The lowest BCUT2D eigenvalue weighted by molar-refractivity contribution is 0.0760. The molecule has 34 heavy (non-hydrogen) atoms. The minimum absolute atomic E-state index is 0.213. The van der Waals surface area contributed by atoms with Crippen molar-refractivity contribution in [2.24, 2.45) is 12.5 Å². The number of anilines is 1. The second-order valence-corrected chi connectivity index (χ2v) is 10.2. The van der Waals surface area contributed by atoms with E-state index in [1.165, 1.54) is 17.3 Å². The zero-order valence-corrected chi connectivity index (χ0v) is 21.1. The molecule has 0 saturated heterocycles. The van der Waals surface area contributed by atoms with Gasteiger partial charge >= 0.3 is 6.09 Å². The van der Waals surface area contributed by atoms with Crippen molar-refractivity contribution < 1.29 is 19.4 Å². The monoisotopic (exact) mass is 504 g/mol. The summed E-state index contributed by atoms with van der Waals surface area (Å²) < 4.78 is 7.64. The van der Waals surface area contributed by atoms with Crippen LogP contribution in [0.15, 0.2) is 24.5 Å². The predicted octanol–water partition coefficient (Wildman–Crippen LogP) is 5.76. The van der Waals surface area contributed by atoms with Crippen LogP contribution in [-0.4, -0.2) is 45.2 Å². The number of halogens is 2. The fourth-order valence-corrected chi connectivity index (χ4v) is 5.38. The third kappa shape index (κ3) is 3.84. The molecule has 2 amide bonds. The van der Waals surface area contributed by atoms with Crippen LogP contribution in [0.3, 0.4) is 0 Å². The molecule has 1 aliphatic rings. The van der Waals surface area contributed by atoms with Crippen molar-refractivity contribution in [1.82, 2.24) is 14.5 Å². The summed E-state index contributed by atoms with van der Waals surface area (Å²) in [5.74, 6) is 0.175. The number of hydrogen-bond donors (Lipinski definition) is 2. The molecular weight excluding hydrogens is 479 g/mol. The van der Waals surface area contributed by atoms with Crippen molar-refractivity contribution in [1.29, 1.82) is 0 Å². The van der Waals surface area contributed by atoms with Crippen molar-refractivity contribution in [2.45, 2.75) is 33.2 Å². The van der Waals surface area contributed by atoms with Gasteiger partial charge < -0.3 is 24.6 Å². The van der Waals surface area contributed by atoms with E-state index in [1.54, 1.807) is 19.2 Å². The number of aromatic nitrogens is 2. The van der Waals surface area contributed by atoms with Gasteiger partial charge in [-0.1, -0.05) is 44.0 Å². The Bertz CT molecular complexity index is 1290. The quantitative estimate of drug-likeness (QED) is 0.472. The maximum atomic E-state index is 13.6. The average molecular weight is 505 g/mol. The molecule has 4 rings (SSSR count). The Morgan fingerprint density at radius 1 is 1.21 bits per heavy atom. The van der Waals surface area contributed by atoms with Gasteiger partial charge in [0.15, 0.2) is 0 Å². The van der Waals surface area contributed by atoms with Crippen LogP contribution in [0.4, 0.5) is 10.5 Å². The summed E-state index contributed by atoms with van der Waals surface area (Å²) in [7, 11) is 3.49. The Balaban J connectivity index is 2.01. The number of rotatable bonds is 3. The van der Waals surface area contributed by atoms with E-state index in [4.69, 9.17) is 27.9 Å². The van der Waals surface area contributed by atoms with Gasteiger partial charge in [-0.15, -0.1) is 0 Å². The highest BCUT2D eigenvalue weighted by Gasteiger charge is 2.42. The number of carboxylic acid groups (broad SMARTS) is 1. The minimum Gasteiger partial charge on any atom is -0.495 e. The van der Waals surface area contributed by atoms with Crippen LogP contribution in [0.1, 0.15) is 48.4 Å². The highest BCUT2D eigenvalue weighted by atomic mass is 35.5. The van der Waals surface area contributed by atoms with Crippen LogP contribution in [0, 0.1) is 5.41 Å². The summed E-state index contributed by atoms with van der Waals surface area (Å²) in [6.45, 7) is 6.36. The van der Waals surface area contributed by atoms with Gasteiger partial charge in [0.1, 0.15) is 5.75 Å². The first-order valence-corrected chi connectivity index (χ1v) is 11.5. The molecule has 1 aliphatic heterocycles. The standard InChI is InChI=1S/C24H26Cl2N4O4/c1-24(2,3)21-18-15(8-9-30(21)23(32)33)29(4)20-16(34-5)7-6-12(17(18)20)22(31)28-19-13(25)10-27-11-14(19)26/h6-7,10-11,21H,8-9H2,1-5H3,(H,32,33)(H,27,28,31). The number of ether oxygens (including phenoxy) is 1. The normalized spacial score (nSPS) is 15.9. The Hall–Kier alpha value is -2.97. The minimum atomic E-state index is -0.994. The Morgan fingerprint density at radius 2 is 1.85 bits per heavy atom. The Labute approximate surface area is 207 Å². The highest BCUT2D eigenvalue weighted by molar-refractivity contribution is 6.40. The lowest BCUT2D eigenvalue weighted by Crippen LogP contribution is -2.44. The molecule has 0 bridgehead atoms. The molecule has 8 nitrogen and oxygen atoms in total. The van der Waals surface area contributed by atoms with Crippen LogP contribution in [-0.2, 0) is 13.5 Å². The maximum Gasteiger partial charge on any atom is 0.407 e. The number of fused-ring (bicyclic) bond motifs is 3. The summed E-state index contributed by atoms with van der Waals surface area (Å²) in [4.78, 5) is 31.2. The second-order valence-electron chi connectivity index (χ2n) is 9.39. The number of carbonyl (C=O) groups is 2. The molecule has 10 heteroatoms. The van der Waals surface area contributed by atoms with E-state index < -0.39 is 23.5 Å². The molecule has 1 atom stereocenters. The van der Waals surface area contributed by atoms with Crippen LogP contribution < -0.4 is 10.1 Å². The van der Waals surface area contributed by atoms with Crippen LogP contribution in [0.2, 0.25) is 10.0 Å². The second kappa shape index (κ2) is 8.67. The lowest BCUT2D eigenvalue weighted by Gasteiger charge is -2.42. The molecule has 1 aromatic carbocycles. The molecule has 3 heterocycles. The summed E-state index contributed by atoms with van der Waals surface area (Å²) >= 11 is 12.5. The number of amides is 2. The molecule has 0 saturated carbocycles. The molecule has 2 aromatic heterocycles. The number of carbonyl (C=O) groups excluding carboxylic acids is 1. The lowest BCUT2D eigenvalue weighted by atomic mass is 9.77. The smallest absolute Gasteiger partial charge is 0.407 e. The molecule has 0 spiro atoms. The molecule has 0 fully saturated rings. The molecule has 3 aromatic rings. The zero-order valence-electron chi connectivity index (χ0n) is 19.6. The third-order valence-electron chi connectivity index (χ3n) is 6.26. The number of pyridine rings is 1. The van der Waals surface area contributed by atoms with Crippen molar-refractivity contribution >= 4 is 51.8 Å². The molecule has 180 valence electrons. The van der Waals surface area contributed by atoms with Gasteiger partial charge in [-0.05, 0) is 17.5 Å². The van der Waals surface area contributed by atoms with Crippen molar-refractivity contribution in [3.63, 3.8) is 0 Å². The van der Waals surface area contributed by atoms with Gasteiger partial charge in [-0.2, -0.15) is 0 Å². The first kappa shape index (κ1) is 24.2. The molecule has 1 unspecified atom stereocenters. The van der Waals surface area contributed by atoms with Crippen molar-refractivity contribution in [3.05, 3.63) is 51.4 Å². The number of nitrogens with zero attached hydrogens (tertiary/aromatic N) is 3. The van der Waals surface area contributed by atoms with Crippen molar-refractivity contribution in [2.75, 3.05) is 19.0 Å². The van der Waals surface area contributed by atoms with Gasteiger partial charge in [0.05, 0.1) is 34.4 Å². The Morgan fingerprint density at radius 3 is 2.41 bits per heavy atom. The molecule has 0 radical (unpaired) electrons. The van der Waals surface area contributed by atoms with E-state index in [0.29, 0.717) is 29.7 Å². The van der Waals surface area contributed by atoms with Gasteiger partial charge in [0.2, 0.25) is 0 Å². The summed E-state index contributed by atoms with van der Waals surface area (Å²) in [6.07, 6.45) is 2.33. The van der Waals surface area contributed by atoms with E-state index in [2.05, 4.69) is 10.3 Å². The highest BCUT2D eigenvalue weighted by Crippen LogP contribution is 2.48. The first-order valence-electron chi connectivity index (χ1n) is 10.7. The number of hydrogen-bond acceptors (Lipinski definition) is 4. The summed E-state index contributed by atoms with van der Waals surface area (Å²) in [5.41, 5.74) is 2.72. The SMILES string of the molecule is COc1ccc(C(=O)Nc2c(Cl)cncc2Cl)c2c3c(n(C)c12)CCN(C(=O)O)C3C(C)(C)C. The van der Waals surface area contributed by atoms with Crippen LogP contribution >= 0.6 is 23.2 Å². The topological polar surface area (TPSA) is 96.7 Å². The number of methoxy groups -OCH3 is 1. The van der Waals surface area contributed by atoms with Crippen LogP contribution in [0.25, 0.3) is 10.9 Å². The third-order valence-corrected chi connectivity index (χ3v) is 6.83. The van der Waals surface area contributed by atoms with E-state index in [9.17, 15) is 14.7 Å². The fourth-order valence-electron chi connectivity index (χ4n) is 4.92. The zero-order chi connectivity index (χ0) is 24.9. The van der Waals surface area contributed by atoms with E-state index in [0.717, 1.165) is 16.8 Å². The van der Waals surface area contributed by atoms with Crippen molar-refractivity contribution in [3.8, 4) is 5.75 Å². The van der Waals surface area contributed by atoms with Crippen LogP contribution in [0.5, 0.6) is 5.75 Å². The van der Waals surface area contributed by atoms with E-state index in [1.807, 2.05) is 32.4 Å².